The summed E-state index contributed by atoms with van der Waals surface area (Å²) in [5, 5.41) is 9.68. The quantitative estimate of drug-likeness (QED) is 0.695. The molecule has 1 aromatic carbocycles. The lowest BCUT2D eigenvalue weighted by atomic mass is 10.1. The summed E-state index contributed by atoms with van der Waals surface area (Å²) in [5.74, 6) is 1.03. The second-order valence-electron chi connectivity index (χ2n) is 7.91. The van der Waals surface area contributed by atoms with E-state index in [1.165, 1.54) is 43.3 Å². The average Bonchev–Trinajstić information content (AvgIpc) is 3.02. The zero-order chi connectivity index (χ0) is 18.4. The minimum atomic E-state index is 0.634. The highest BCUT2D eigenvalue weighted by Gasteiger charge is 2.17. The monoisotopic (exact) mass is 357 g/mol. The maximum Gasteiger partial charge on any atom is 0.155 e. The molecule has 5 heteroatoms. The van der Waals surface area contributed by atoms with Gasteiger partial charge in [-0.05, 0) is 78.5 Å². The fourth-order valence-corrected chi connectivity index (χ4v) is 3.88. The van der Waals surface area contributed by atoms with Crippen LogP contribution in [0.1, 0.15) is 39.0 Å². The normalized spacial score (nSPS) is 17.1. The van der Waals surface area contributed by atoms with Gasteiger partial charge in [-0.1, -0.05) is 18.6 Å². The van der Waals surface area contributed by atoms with Crippen molar-refractivity contribution in [3.8, 4) is 0 Å². The Kier molecular flexibility index (Phi) is 6.92. The topological polar surface area (TPSA) is 36.3 Å². The highest BCUT2D eigenvalue weighted by molar-refractivity contribution is 5.90. The molecule has 0 radical (unpaired) electrons. The van der Waals surface area contributed by atoms with Crippen LogP contribution in [0.4, 0.5) is 5.82 Å². The number of fused-ring (bicyclic) bond motifs is 1. The number of benzene rings is 1. The molecule has 0 aliphatic carbocycles. The Labute approximate surface area is 158 Å². The maximum atomic E-state index is 4.90. The van der Waals surface area contributed by atoms with E-state index in [4.69, 9.17) is 5.10 Å². The van der Waals surface area contributed by atoms with Crippen molar-refractivity contribution in [1.29, 1.82) is 0 Å². The van der Waals surface area contributed by atoms with Gasteiger partial charge in [0.25, 0.3) is 0 Å². The summed E-state index contributed by atoms with van der Waals surface area (Å²) in [6.07, 6.45) is 6.40. The molecule has 2 heterocycles. The number of hydrogen-bond acceptors (Lipinski definition) is 4. The van der Waals surface area contributed by atoms with Crippen molar-refractivity contribution >= 4 is 16.7 Å². The summed E-state index contributed by atoms with van der Waals surface area (Å²) in [5.41, 5.74) is 1.24. The molecule has 5 nitrogen and oxygen atoms in total. The Morgan fingerprint density at radius 3 is 2.69 bits per heavy atom. The Bertz CT molecular complexity index is 672. The van der Waals surface area contributed by atoms with Crippen molar-refractivity contribution in [3.05, 3.63) is 24.3 Å². The van der Waals surface area contributed by atoms with Gasteiger partial charge in [0, 0.05) is 24.5 Å². The number of aromatic nitrogens is 2. The van der Waals surface area contributed by atoms with Crippen molar-refractivity contribution in [2.45, 2.75) is 51.6 Å². The van der Waals surface area contributed by atoms with E-state index in [9.17, 15) is 0 Å². The highest BCUT2D eigenvalue weighted by Crippen LogP contribution is 2.23. The van der Waals surface area contributed by atoms with Crippen molar-refractivity contribution in [2.75, 3.05) is 45.6 Å². The summed E-state index contributed by atoms with van der Waals surface area (Å²) in [6.45, 7) is 7.94. The molecule has 3 rings (SSSR count). The Morgan fingerprint density at radius 2 is 1.92 bits per heavy atom. The Morgan fingerprint density at radius 1 is 1.15 bits per heavy atom. The molecule has 1 aliphatic rings. The molecule has 1 N–H and O–H groups in total. The predicted octanol–water partition coefficient (Wildman–Crippen LogP) is 3.66. The van der Waals surface area contributed by atoms with Gasteiger partial charge in [-0.15, -0.1) is 0 Å². The lowest BCUT2D eigenvalue weighted by molar-refractivity contribution is 0.162. The molecule has 1 aliphatic heterocycles. The van der Waals surface area contributed by atoms with Crippen LogP contribution < -0.4 is 5.32 Å². The number of hydrogen-bond donors (Lipinski definition) is 1. The molecule has 1 unspecified atom stereocenters. The van der Waals surface area contributed by atoms with Gasteiger partial charge in [0.2, 0.25) is 0 Å². The third kappa shape index (κ3) is 4.98. The average molecular weight is 358 g/mol. The van der Waals surface area contributed by atoms with Gasteiger partial charge in [-0.2, -0.15) is 5.10 Å². The molecule has 0 saturated carbocycles. The summed E-state index contributed by atoms with van der Waals surface area (Å²) >= 11 is 0. The number of nitrogens with zero attached hydrogens (tertiary/aromatic N) is 4. The van der Waals surface area contributed by atoms with E-state index in [1.807, 2.05) is 0 Å². The standard InChI is InChI=1S/C21H35N5/c1-18(25-15-7-4-8-16-25)12-17-26-20-11-6-5-10-19(20)21(23-26)22-13-9-14-24(2)3/h5-6,10-11,18H,4,7-9,12-17H2,1-3H3,(H,22,23). The van der Waals surface area contributed by atoms with Crippen LogP contribution >= 0.6 is 0 Å². The number of nitrogens with one attached hydrogen (secondary N) is 1. The Hall–Kier alpha value is -1.59. The first-order valence-corrected chi connectivity index (χ1v) is 10.2. The van der Waals surface area contributed by atoms with Crippen molar-refractivity contribution in [2.24, 2.45) is 0 Å². The molecule has 1 fully saturated rings. The van der Waals surface area contributed by atoms with Crippen LogP contribution in [-0.4, -0.2) is 65.9 Å². The zero-order valence-electron chi connectivity index (χ0n) is 16.7. The molecule has 1 saturated heterocycles. The lowest BCUT2D eigenvalue weighted by Gasteiger charge is -2.32. The van der Waals surface area contributed by atoms with E-state index in [0.29, 0.717) is 6.04 Å². The molecule has 1 aromatic heterocycles. The summed E-state index contributed by atoms with van der Waals surface area (Å²) in [4.78, 5) is 4.87. The lowest BCUT2D eigenvalue weighted by Crippen LogP contribution is -2.37. The molecule has 0 bridgehead atoms. The molecular weight excluding hydrogens is 322 g/mol. The van der Waals surface area contributed by atoms with E-state index in [0.717, 1.165) is 38.3 Å². The van der Waals surface area contributed by atoms with Crippen LogP contribution in [0.25, 0.3) is 10.9 Å². The molecule has 1 atom stereocenters. The maximum absolute atomic E-state index is 4.90. The first-order chi connectivity index (χ1) is 12.6. The SMILES string of the molecule is CC(CCn1nc(NCCCN(C)C)c2ccccc21)N1CCCCC1. The molecule has 26 heavy (non-hydrogen) atoms. The molecule has 0 spiro atoms. The van der Waals surface area contributed by atoms with Gasteiger partial charge in [0.05, 0.1) is 5.52 Å². The fraction of sp³-hybridized carbons (Fsp3) is 0.667. The molecule has 2 aromatic rings. The van der Waals surface area contributed by atoms with Gasteiger partial charge in [-0.25, -0.2) is 0 Å². The van der Waals surface area contributed by atoms with Crippen LogP contribution in [0.5, 0.6) is 0 Å². The van der Waals surface area contributed by atoms with Crippen molar-refractivity contribution in [3.63, 3.8) is 0 Å². The number of likely N-dealkylation sites (tertiary alicyclic amines) is 1. The number of rotatable bonds is 9. The smallest absolute Gasteiger partial charge is 0.155 e. The highest BCUT2D eigenvalue weighted by atomic mass is 15.3. The summed E-state index contributed by atoms with van der Waals surface area (Å²) in [6, 6.07) is 9.23. The van der Waals surface area contributed by atoms with Crippen LogP contribution in [0.15, 0.2) is 24.3 Å². The summed E-state index contributed by atoms with van der Waals surface area (Å²) < 4.78 is 2.20. The van der Waals surface area contributed by atoms with Gasteiger partial charge in [0.15, 0.2) is 5.82 Å². The number of anilines is 1. The molecule has 144 valence electrons. The van der Waals surface area contributed by atoms with E-state index in [1.54, 1.807) is 0 Å². The van der Waals surface area contributed by atoms with Crippen LogP contribution in [0.3, 0.4) is 0 Å². The van der Waals surface area contributed by atoms with Crippen molar-refractivity contribution in [1.82, 2.24) is 19.6 Å². The minimum absolute atomic E-state index is 0.634. The predicted molar refractivity (Wildman–Crippen MR) is 111 cm³/mol. The van der Waals surface area contributed by atoms with E-state index in [2.05, 4.69) is 65.1 Å². The third-order valence-electron chi connectivity index (χ3n) is 5.51. The Balaban J connectivity index is 1.62. The second-order valence-corrected chi connectivity index (χ2v) is 7.91. The van der Waals surface area contributed by atoms with Gasteiger partial charge < -0.3 is 15.1 Å². The zero-order valence-corrected chi connectivity index (χ0v) is 16.7. The third-order valence-corrected chi connectivity index (χ3v) is 5.51. The van der Waals surface area contributed by atoms with E-state index >= 15 is 0 Å². The number of aryl methyl sites for hydroxylation is 1. The molecule has 0 amide bonds. The van der Waals surface area contributed by atoms with Crippen LogP contribution in [0, 0.1) is 0 Å². The van der Waals surface area contributed by atoms with Gasteiger partial charge in [-0.3, -0.25) is 4.68 Å². The van der Waals surface area contributed by atoms with Crippen molar-refractivity contribution < 1.29 is 0 Å². The number of piperidine rings is 1. The minimum Gasteiger partial charge on any atom is -0.368 e. The fourth-order valence-electron chi connectivity index (χ4n) is 3.88. The van der Waals surface area contributed by atoms with E-state index in [-0.39, 0.29) is 0 Å². The van der Waals surface area contributed by atoms with Gasteiger partial charge in [0.1, 0.15) is 0 Å². The molecular formula is C21H35N5. The van der Waals surface area contributed by atoms with E-state index < -0.39 is 0 Å². The number of para-hydroxylation sites is 1. The van der Waals surface area contributed by atoms with Crippen LogP contribution in [0.2, 0.25) is 0 Å². The largest absolute Gasteiger partial charge is 0.368 e. The summed E-state index contributed by atoms with van der Waals surface area (Å²) in [7, 11) is 4.24. The van der Waals surface area contributed by atoms with Crippen LogP contribution in [-0.2, 0) is 6.54 Å². The van der Waals surface area contributed by atoms with Gasteiger partial charge >= 0.3 is 0 Å². The first kappa shape index (κ1) is 19.2. The first-order valence-electron chi connectivity index (χ1n) is 10.2. The second kappa shape index (κ2) is 9.38.